The first-order valence-electron chi connectivity index (χ1n) is 5.81. The van der Waals surface area contributed by atoms with E-state index in [-0.39, 0.29) is 26.1 Å². The van der Waals surface area contributed by atoms with Crippen LogP contribution in [0.5, 0.6) is 0 Å². The van der Waals surface area contributed by atoms with Crippen LogP contribution in [-0.4, -0.2) is 53.9 Å². The van der Waals surface area contributed by atoms with E-state index in [0.29, 0.717) is 0 Å². The van der Waals surface area contributed by atoms with Crippen LogP contribution in [0, 0.1) is 0 Å². The number of halogens is 2. The van der Waals surface area contributed by atoms with Gasteiger partial charge in [-0.05, 0) is 27.2 Å². The first-order chi connectivity index (χ1) is 8.17. The smallest absolute Gasteiger partial charge is 0.410 e. The minimum atomic E-state index is -2.82. The van der Waals surface area contributed by atoms with Crippen LogP contribution < -0.4 is 5.73 Å². The molecule has 3 N–H and O–H groups in total. The topological polar surface area (TPSA) is 75.8 Å². The van der Waals surface area contributed by atoms with Crippen molar-refractivity contribution in [3.8, 4) is 0 Å². The lowest BCUT2D eigenvalue weighted by Gasteiger charge is -2.27. The van der Waals surface area contributed by atoms with Gasteiger partial charge in [0.15, 0.2) is 0 Å². The minimum absolute atomic E-state index is 0.0163. The maximum Gasteiger partial charge on any atom is 0.410 e. The number of rotatable bonds is 6. The van der Waals surface area contributed by atoms with Crippen molar-refractivity contribution in [3.63, 3.8) is 0 Å². The number of amides is 1. The Morgan fingerprint density at radius 3 is 2.33 bits per heavy atom. The molecule has 0 rings (SSSR count). The Morgan fingerprint density at radius 1 is 1.39 bits per heavy atom. The molecule has 5 nitrogen and oxygen atoms in total. The Labute approximate surface area is 106 Å². The highest BCUT2D eigenvalue weighted by Crippen LogP contribution is 2.11. The van der Waals surface area contributed by atoms with Gasteiger partial charge in [0.2, 0.25) is 0 Å². The molecule has 1 amide bonds. The summed E-state index contributed by atoms with van der Waals surface area (Å²) >= 11 is 0. The van der Waals surface area contributed by atoms with Gasteiger partial charge in [0.05, 0.1) is 0 Å². The molecule has 0 unspecified atom stereocenters. The van der Waals surface area contributed by atoms with Crippen LogP contribution >= 0.6 is 0 Å². The summed E-state index contributed by atoms with van der Waals surface area (Å²) < 4.78 is 29.4. The van der Waals surface area contributed by atoms with Crippen LogP contribution in [0.4, 0.5) is 13.6 Å². The summed E-state index contributed by atoms with van der Waals surface area (Å²) in [4.78, 5) is 12.9. The van der Waals surface area contributed by atoms with Crippen LogP contribution in [-0.2, 0) is 4.74 Å². The van der Waals surface area contributed by atoms with E-state index in [4.69, 9.17) is 15.6 Å². The van der Waals surface area contributed by atoms with E-state index >= 15 is 0 Å². The van der Waals surface area contributed by atoms with Crippen molar-refractivity contribution in [2.24, 2.45) is 5.73 Å². The Hall–Kier alpha value is -0.950. The number of hydrogen-bond acceptors (Lipinski definition) is 4. The molecule has 0 saturated carbocycles. The molecule has 0 saturated heterocycles. The number of hydrogen-bond donors (Lipinski definition) is 2. The normalized spacial score (nSPS) is 13.6. The Bertz CT molecular complexity index is 257. The molecule has 0 spiro atoms. The van der Waals surface area contributed by atoms with Gasteiger partial charge in [-0.3, -0.25) is 0 Å². The third-order valence-electron chi connectivity index (χ3n) is 2.04. The summed E-state index contributed by atoms with van der Waals surface area (Å²) in [5.74, 6) is 0. The maximum atomic E-state index is 12.1. The predicted octanol–water partition coefficient (Wildman–Crippen LogP) is 1.20. The molecule has 0 aromatic heterocycles. The average molecular weight is 268 g/mol. The zero-order chi connectivity index (χ0) is 14.3. The number of nitrogens with two attached hydrogens (primary N) is 1. The van der Waals surface area contributed by atoms with Crippen molar-refractivity contribution in [2.45, 2.75) is 45.3 Å². The van der Waals surface area contributed by atoms with Gasteiger partial charge >= 0.3 is 6.09 Å². The largest absolute Gasteiger partial charge is 0.444 e. The standard InChI is InChI=1S/C11H22F2N2O3/c1-11(2,3)18-10(17)15(7-5-14)6-4-8(16)9(12)13/h8-9,16H,4-7,14H2,1-3H3/t8-/m1/s1. The number of carbonyl (C=O) groups excluding carboxylic acids is 1. The molecular formula is C11H22F2N2O3. The zero-order valence-electron chi connectivity index (χ0n) is 11.0. The first kappa shape index (κ1) is 17.1. The lowest BCUT2D eigenvalue weighted by Crippen LogP contribution is -2.41. The second kappa shape index (κ2) is 7.48. The van der Waals surface area contributed by atoms with Crippen molar-refractivity contribution in [1.29, 1.82) is 0 Å². The van der Waals surface area contributed by atoms with Gasteiger partial charge in [0.1, 0.15) is 11.7 Å². The summed E-state index contributed by atoms with van der Waals surface area (Å²) in [7, 11) is 0. The van der Waals surface area contributed by atoms with Crippen LogP contribution in [0.25, 0.3) is 0 Å². The molecule has 0 bridgehead atoms. The second-order valence-electron chi connectivity index (χ2n) is 4.95. The molecule has 0 heterocycles. The van der Waals surface area contributed by atoms with Gasteiger partial charge in [0.25, 0.3) is 6.43 Å². The van der Waals surface area contributed by atoms with E-state index in [1.165, 1.54) is 4.90 Å². The van der Waals surface area contributed by atoms with E-state index in [9.17, 15) is 13.6 Å². The van der Waals surface area contributed by atoms with Crippen molar-refractivity contribution in [2.75, 3.05) is 19.6 Å². The van der Waals surface area contributed by atoms with Crippen molar-refractivity contribution in [1.82, 2.24) is 4.90 Å². The lowest BCUT2D eigenvalue weighted by molar-refractivity contribution is -0.0172. The minimum Gasteiger partial charge on any atom is -0.444 e. The lowest BCUT2D eigenvalue weighted by atomic mass is 10.2. The highest BCUT2D eigenvalue weighted by atomic mass is 19.3. The summed E-state index contributed by atoms with van der Waals surface area (Å²) in [6, 6.07) is 0. The van der Waals surface area contributed by atoms with Crippen LogP contribution in [0.2, 0.25) is 0 Å². The molecule has 0 aliphatic carbocycles. The number of alkyl halides is 2. The molecule has 0 fully saturated rings. The van der Waals surface area contributed by atoms with Gasteiger partial charge < -0.3 is 20.5 Å². The highest BCUT2D eigenvalue weighted by Gasteiger charge is 2.24. The molecule has 0 aliphatic rings. The molecule has 7 heteroatoms. The van der Waals surface area contributed by atoms with Crippen LogP contribution in [0.3, 0.4) is 0 Å². The maximum absolute atomic E-state index is 12.1. The number of ether oxygens (including phenoxy) is 1. The van der Waals surface area contributed by atoms with E-state index in [1.807, 2.05) is 0 Å². The van der Waals surface area contributed by atoms with Crippen molar-refractivity contribution in [3.05, 3.63) is 0 Å². The number of aliphatic hydroxyl groups is 1. The summed E-state index contributed by atoms with van der Waals surface area (Å²) in [6.45, 7) is 5.51. The Balaban J connectivity index is 4.33. The molecule has 0 aromatic rings. The SMILES string of the molecule is CC(C)(C)OC(=O)N(CCN)CC[C@@H](O)C(F)F. The van der Waals surface area contributed by atoms with Gasteiger partial charge in [-0.1, -0.05) is 0 Å². The van der Waals surface area contributed by atoms with Crippen molar-refractivity contribution < 1.29 is 23.4 Å². The third kappa shape index (κ3) is 7.39. The fourth-order valence-corrected chi connectivity index (χ4v) is 1.19. The van der Waals surface area contributed by atoms with Crippen LogP contribution in [0.1, 0.15) is 27.2 Å². The van der Waals surface area contributed by atoms with Gasteiger partial charge in [-0.2, -0.15) is 0 Å². The zero-order valence-corrected chi connectivity index (χ0v) is 11.0. The Morgan fingerprint density at radius 2 is 1.94 bits per heavy atom. The van der Waals surface area contributed by atoms with Crippen LogP contribution in [0.15, 0.2) is 0 Å². The van der Waals surface area contributed by atoms with Gasteiger partial charge in [-0.25, -0.2) is 13.6 Å². The highest BCUT2D eigenvalue weighted by molar-refractivity contribution is 5.68. The average Bonchev–Trinajstić information content (AvgIpc) is 2.20. The quantitative estimate of drug-likeness (QED) is 0.759. The second-order valence-corrected chi connectivity index (χ2v) is 4.95. The Kier molecular flexibility index (Phi) is 7.08. The fourth-order valence-electron chi connectivity index (χ4n) is 1.19. The number of nitrogens with zero attached hydrogens (tertiary/aromatic N) is 1. The molecule has 0 aromatic carbocycles. The third-order valence-corrected chi connectivity index (χ3v) is 2.04. The molecule has 18 heavy (non-hydrogen) atoms. The molecule has 108 valence electrons. The number of aliphatic hydroxyl groups excluding tert-OH is 1. The monoisotopic (exact) mass is 268 g/mol. The van der Waals surface area contributed by atoms with Gasteiger partial charge in [-0.15, -0.1) is 0 Å². The number of carbonyl (C=O) groups is 1. The summed E-state index contributed by atoms with van der Waals surface area (Å²) in [6.07, 6.45) is -5.39. The molecular weight excluding hydrogens is 246 g/mol. The van der Waals surface area contributed by atoms with E-state index in [2.05, 4.69) is 0 Å². The predicted molar refractivity (Wildman–Crippen MR) is 63.5 cm³/mol. The van der Waals surface area contributed by atoms with Crippen molar-refractivity contribution >= 4 is 6.09 Å². The molecule has 0 aliphatic heterocycles. The van der Waals surface area contributed by atoms with E-state index in [1.54, 1.807) is 20.8 Å². The van der Waals surface area contributed by atoms with E-state index < -0.39 is 24.2 Å². The first-order valence-corrected chi connectivity index (χ1v) is 5.81. The molecule has 1 atom stereocenters. The van der Waals surface area contributed by atoms with E-state index in [0.717, 1.165) is 0 Å². The molecule has 0 radical (unpaired) electrons. The van der Waals surface area contributed by atoms with Gasteiger partial charge in [0, 0.05) is 19.6 Å². The summed E-state index contributed by atoms with van der Waals surface area (Å²) in [5.41, 5.74) is 4.68. The fraction of sp³-hybridized carbons (Fsp3) is 0.909. The summed E-state index contributed by atoms with van der Waals surface area (Å²) in [5, 5.41) is 9.00.